The topological polar surface area (TPSA) is 69.9 Å². The van der Waals surface area contributed by atoms with E-state index in [1.54, 1.807) is 12.1 Å². The fourth-order valence-electron chi connectivity index (χ4n) is 3.85. The first kappa shape index (κ1) is 22.0. The average Bonchev–Trinajstić information content (AvgIpc) is 3.30. The van der Waals surface area contributed by atoms with Gasteiger partial charge in [-0.2, -0.15) is 0 Å². The second-order valence-corrected chi connectivity index (χ2v) is 8.71. The molecule has 0 spiro atoms. The number of hydrogen-bond donors (Lipinski definition) is 1. The van der Waals surface area contributed by atoms with Gasteiger partial charge in [-0.25, -0.2) is 4.79 Å². The van der Waals surface area contributed by atoms with Crippen LogP contribution < -0.4 is 10.1 Å². The average molecular weight is 436 g/mol. The molecule has 1 aromatic heterocycles. The first-order chi connectivity index (χ1) is 15.3. The number of esters is 1. The molecule has 2 atom stereocenters. The van der Waals surface area contributed by atoms with E-state index >= 15 is 0 Å². The summed E-state index contributed by atoms with van der Waals surface area (Å²) < 4.78 is 23.7. The number of hydrogen-bond acceptors (Lipinski definition) is 6. The third-order valence-electron chi connectivity index (χ3n) is 5.36. The van der Waals surface area contributed by atoms with Crippen molar-refractivity contribution in [2.45, 2.75) is 58.2 Å². The van der Waals surface area contributed by atoms with Gasteiger partial charge in [-0.15, -0.1) is 0 Å². The van der Waals surface area contributed by atoms with E-state index in [4.69, 9.17) is 18.6 Å². The molecule has 4 rings (SSSR count). The molecule has 6 nitrogen and oxygen atoms in total. The molecule has 168 valence electrons. The maximum Gasteiger partial charge on any atom is 0.374 e. The van der Waals surface area contributed by atoms with Gasteiger partial charge in [0.15, 0.2) is 6.10 Å². The summed E-state index contributed by atoms with van der Waals surface area (Å²) in [6.45, 7) is 8.41. The highest BCUT2D eigenvalue weighted by molar-refractivity contribution is 5.86. The predicted octanol–water partition coefficient (Wildman–Crippen LogP) is 5.75. The van der Waals surface area contributed by atoms with Crippen LogP contribution in [0, 0.1) is 0 Å². The summed E-state index contributed by atoms with van der Waals surface area (Å²) in [4.78, 5) is 12.7. The molecule has 0 radical (unpaired) electrons. The van der Waals surface area contributed by atoms with Gasteiger partial charge in [0, 0.05) is 17.8 Å². The smallest absolute Gasteiger partial charge is 0.374 e. The monoisotopic (exact) mass is 435 g/mol. The second-order valence-electron chi connectivity index (χ2n) is 8.71. The molecule has 1 aliphatic heterocycles. The molecule has 0 bridgehead atoms. The Labute approximate surface area is 188 Å². The molecular formula is C26H29NO5. The van der Waals surface area contributed by atoms with Crippen molar-refractivity contribution < 1.29 is 23.4 Å². The molecule has 0 saturated heterocycles. The first-order valence-corrected chi connectivity index (χ1v) is 10.8. The van der Waals surface area contributed by atoms with Crippen LogP contribution in [0.2, 0.25) is 0 Å². The van der Waals surface area contributed by atoms with Crippen molar-refractivity contribution in [1.82, 2.24) is 0 Å². The standard InChI is InChI=1S/C26H29NO5/c1-17(2)30-23-20-15-19(27-16-18-9-6-5-7-10-18)12-13-21(20)32-26(3,4)24(23)31-25(28)22-11-8-14-29-22/h5-15,17,23-24,27H,16H2,1-4H3. The van der Waals surface area contributed by atoms with Crippen molar-refractivity contribution in [3.63, 3.8) is 0 Å². The summed E-state index contributed by atoms with van der Waals surface area (Å²) in [6, 6.07) is 19.4. The Morgan fingerprint density at radius 2 is 1.88 bits per heavy atom. The van der Waals surface area contributed by atoms with E-state index in [2.05, 4.69) is 17.4 Å². The van der Waals surface area contributed by atoms with Gasteiger partial charge in [0.05, 0.1) is 12.4 Å². The van der Waals surface area contributed by atoms with E-state index in [0.29, 0.717) is 6.54 Å². The van der Waals surface area contributed by atoms with Crippen molar-refractivity contribution in [3.8, 4) is 5.75 Å². The van der Waals surface area contributed by atoms with Crippen molar-refractivity contribution >= 4 is 11.7 Å². The molecule has 0 aliphatic carbocycles. The minimum atomic E-state index is -0.798. The Morgan fingerprint density at radius 3 is 2.56 bits per heavy atom. The number of carbonyl (C=O) groups is 1. The van der Waals surface area contributed by atoms with Gasteiger partial charge in [0.1, 0.15) is 17.5 Å². The second kappa shape index (κ2) is 9.09. The van der Waals surface area contributed by atoms with Crippen LogP contribution in [-0.4, -0.2) is 23.8 Å². The maximum absolute atomic E-state index is 12.7. The van der Waals surface area contributed by atoms with E-state index in [-0.39, 0.29) is 11.9 Å². The van der Waals surface area contributed by atoms with Crippen LogP contribution in [-0.2, 0) is 16.0 Å². The van der Waals surface area contributed by atoms with Crippen LogP contribution in [0.25, 0.3) is 0 Å². The fourth-order valence-corrected chi connectivity index (χ4v) is 3.85. The third kappa shape index (κ3) is 4.81. The van der Waals surface area contributed by atoms with Gasteiger partial charge in [0.25, 0.3) is 0 Å². The van der Waals surface area contributed by atoms with E-state index in [0.717, 1.165) is 17.0 Å². The SMILES string of the molecule is CC(C)OC1c2cc(NCc3ccccc3)ccc2OC(C)(C)C1OC(=O)c1ccco1. The van der Waals surface area contributed by atoms with Crippen LogP contribution in [0.15, 0.2) is 71.3 Å². The highest BCUT2D eigenvalue weighted by Gasteiger charge is 2.48. The van der Waals surface area contributed by atoms with Crippen LogP contribution in [0.1, 0.15) is 55.5 Å². The van der Waals surface area contributed by atoms with Crippen LogP contribution in [0.5, 0.6) is 5.75 Å². The van der Waals surface area contributed by atoms with Crippen molar-refractivity contribution in [2.75, 3.05) is 5.32 Å². The molecule has 6 heteroatoms. The highest BCUT2D eigenvalue weighted by atomic mass is 16.6. The largest absolute Gasteiger partial charge is 0.483 e. The molecular weight excluding hydrogens is 406 g/mol. The minimum Gasteiger partial charge on any atom is -0.483 e. The lowest BCUT2D eigenvalue weighted by Gasteiger charge is -2.44. The molecule has 0 saturated carbocycles. The first-order valence-electron chi connectivity index (χ1n) is 10.8. The maximum atomic E-state index is 12.7. The summed E-state index contributed by atoms with van der Waals surface area (Å²) in [5.74, 6) is 0.320. The lowest BCUT2D eigenvalue weighted by Crippen LogP contribution is -2.52. The van der Waals surface area contributed by atoms with Gasteiger partial charge in [-0.3, -0.25) is 0 Å². The van der Waals surface area contributed by atoms with Gasteiger partial charge in [0.2, 0.25) is 5.76 Å². The molecule has 2 aromatic carbocycles. The normalized spacial score (nSPS) is 19.2. The molecule has 32 heavy (non-hydrogen) atoms. The number of nitrogens with one attached hydrogen (secondary N) is 1. The molecule has 3 aromatic rings. The molecule has 1 N–H and O–H groups in total. The third-order valence-corrected chi connectivity index (χ3v) is 5.36. The van der Waals surface area contributed by atoms with Crippen LogP contribution in [0.3, 0.4) is 0 Å². The van der Waals surface area contributed by atoms with E-state index in [1.807, 2.05) is 64.1 Å². The zero-order valence-electron chi connectivity index (χ0n) is 18.8. The number of ether oxygens (including phenoxy) is 3. The van der Waals surface area contributed by atoms with E-state index < -0.39 is 23.8 Å². The quantitative estimate of drug-likeness (QED) is 0.476. The van der Waals surface area contributed by atoms with Gasteiger partial charge in [-0.1, -0.05) is 30.3 Å². The Balaban J connectivity index is 1.63. The summed E-state index contributed by atoms with van der Waals surface area (Å²) >= 11 is 0. The number of rotatable bonds is 7. The van der Waals surface area contributed by atoms with E-state index in [9.17, 15) is 4.79 Å². The fraction of sp³-hybridized carbons (Fsp3) is 0.346. The van der Waals surface area contributed by atoms with Gasteiger partial charge in [-0.05, 0) is 63.6 Å². The number of furan rings is 1. The molecule has 0 fully saturated rings. The Bertz CT molecular complexity index is 1040. The highest BCUT2D eigenvalue weighted by Crippen LogP contribution is 2.45. The number of anilines is 1. The lowest BCUT2D eigenvalue weighted by atomic mass is 9.87. The van der Waals surface area contributed by atoms with Crippen LogP contribution in [0.4, 0.5) is 5.69 Å². The number of carbonyl (C=O) groups excluding carboxylic acids is 1. The Morgan fingerprint density at radius 1 is 1.09 bits per heavy atom. The molecule has 2 unspecified atom stereocenters. The number of fused-ring (bicyclic) bond motifs is 1. The van der Waals surface area contributed by atoms with Crippen molar-refractivity contribution in [3.05, 3.63) is 83.8 Å². The zero-order chi connectivity index (χ0) is 22.7. The molecule has 1 aliphatic rings. The Hall–Kier alpha value is -3.25. The predicted molar refractivity (Wildman–Crippen MR) is 122 cm³/mol. The van der Waals surface area contributed by atoms with Gasteiger partial charge >= 0.3 is 5.97 Å². The summed E-state index contributed by atoms with van der Waals surface area (Å²) in [6.07, 6.45) is 0.208. The summed E-state index contributed by atoms with van der Waals surface area (Å²) in [5.41, 5.74) is 2.16. The van der Waals surface area contributed by atoms with Crippen molar-refractivity contribution in [1.29, 1.82) is 0 Å². The summed E-state index contributed by atoms with van der Waals surface area (Å²) in [7, 11) is 0. The molecule has 0 amide bonds. The summed E-state index contributed by atoms with van der Waals surface area (Å²) in [5, 5.41) is 3.45. The minimum absolute atomic E-state index is 0.0764. The van der Waals surface area contributed by atoms with Crippen LogP contribution >= 0.6 is 0 Å². The van der Waals surface area contributed by atoms with Gasteiger partial charge < -0.3 is 23.9 Å². The van der Waals surface area contributed by atoms with Crippen molar-refractivity contribution in [2.24, 2.45) is 0 Å². The lowest BCUT2D eigenvalue weighted by molar-refractivity contribution is -0.152. The molecule has 2 heterocycles. The number of benzene rings is 2. The Kier molecular flexibility index (Phi) is 6.24. The zero-order valence-corrected chi connectivity index (χ0v) is 18.8. The van der Waals surface area contributed by atoms with E-state index in [1.165, 1.54) is 11.8 Å².